The standard InChI is InChI=1S/C13H12O2/c1-9-2-5-12(15)8-13(9)10-3-6-11(14)7-4-10/h2-8,14-15H,1H3. The number of phenolic OH excluding ortho intramolecular Hbond substituents is 2. The number of aromatic hydroxyl groups is 2. The zero-order valence-electron chi connectivity index (χ0n) is 8.44. The summed E-state index contributed by atoms with van der Waals surface area (Å²) >= 11 is 0. The Morgan fingerprint density at radius 2 is 1.40 bits per heavy atom. The summed E-state index contributed by atoms with van der Waals surface area (Å²) in [4.78, 5) is 0. The van der Waals surface area contributed by atoms with Crippen LogP contribution in [0, 0.1) is 6.92 Å². The summed E-state index contributed by atoms with van der Waals surface area (Å²) in [6, 6.07) is 12.2. The third-order valence-electron chi connectivity index (χ3n) is 2.40. The van der Waals surface area contributed by atoms with Crippen molar-refractivity contribution >= 4 is 0 Å². The molecule has 0 unspecified atom stereocenters. The lowest BCUT2D eigenvalue weighted by Crippen LogP contribution is -1.82. The maximum absolute atomic E-state index is 9.40. The minimum atomic E-state index is 0.247. The van der Waals surface area contributed by atoms with Crippen LogP contribution in [0.3, 0.4) is 0 Å². The normalized spacial score (nSPS) is 10.2. The monoisotopic (exact) mass is 200 g/mol. The van der Waals surface area contributed by atoms with E-state index in [-0.39, 0.29) is 11.5 Å². The number of benzene rings is 2. The maximum Gasteiger partial charge on any atom is 0.116 e. The molecule has 2 aromatic rings. The van der Waals surface area contributed by atoms with E-state index in [0.29, 0.717) is 0 Å². The second-order valence-corrected chi connectivity index (χ2v) is 3.55. The van der Waals surface area contributed by atoms with Gasteiger partial charge >= 0.3 is 0 Å². The molecule has 2 N–H and O–H groups in total. The van der Waals surface area contributed by atoms with E-state index in [1.165, 1.54) is 0 Å². The molecule has 0 aromatic heterocycles. The van der Waals surface area contributed by atoms with Crippen LogP contribution in [0.4, 0.5) is 0 Å². The van der Waals surface area contributed by atoms with Crippen molar-refractivity contribution in [3.63, 3.8) is 0 Å². The first-order chi connectivity index (χ1) is 7.16. The van der Waals surface area contributed by atoms with Gasteiger partial charge in [0.25, 0.3) is 0 Å². The summed E-state index contributed by atoms with van der Waals surface area (Å²) in [5.74, 6) is 0.500. The fourth-order valence-corrected chi connectivity index (χ4v) is 1.56. The third kappa shape index (κ3) is 1.94. The summed E-state index contributed by atoms with van der Waals surface area (Å²) in [5.41, 5.74) is 3.06. The van der Waals surface area contributed by atoms with Crippen LogP contribution in [0.5, 0.6) is 11.5 Å². The van der Waals surface area contributed by atoms with Crippen LogP contribution in [0.15, 0.2) is 42.5 Å². The zero-order chi connectivity index (χ0) is 10.8. The summed E-state index contributed by atoms with van der Waals surface area (Å²) in [6.45, 7) is 1.99. The van der Waals surface area contributed by atoms with Gasteiger partial charge in [-0.15, -0.1) is 0 Å². The summed E-state index contributed by atoms with van der Waals surface area (Å²) in [6.07, 6.45) is 0. The van der Waals surface area contributed by atoms with E-state index in [9.17, 15) is 10.2 Å². The maximum atomic E-state index is 9.40. The topological polar surface area (TPSA) is 40.5 Å². The fraction of sp³-hybridized carbons (Fsp3) is 0.0769. The highest BCUT2D eigenvalue weighted by atomic mass is 16.3. The molecule has 0 spiro atoms. The lowest BCUT2D eigenvalue weighted by Gasteiger charge is -2.06. The molecule has 0 aliphatic rings. The Kier molecular flexibility index (Phi) is 2.34. The van der Waals surface area contributed by atoms with Crippen molar-refractivity contribution in [2.24, 2.45) is 0 Å². The zero-order valence-corrected chi connectivity index (χ0v) is 8.44. The third-order valence-corrected chi connectivity index (χ3v) is 2.40. The van der Waals surface area contributed by atoms with Crippen LogP contribution in [0.1, 0.15) is 5.56 Å². The van der Waals surface area contributed by atoms with Gasteiger partial charge < -0.3 is 10.2 Å². The second kappa shape index (κ2) is 3.65. The average molecular weight is 200 g/mol. The van der Waals surface area contributed by atoms with Crippen molar-refractivity contribution in [1.82, 2.24) is 0 Å². The Morgan fingerprint density at radius 1 is 0.800 bits per heavy atom. The molecule has 76 valence electrons. The Labute approximate surface area is 88.4 Å². The number of hydrogen-bond donors (Lipinski definition) is 2. The molecule has 0 aliphatic carbocycles. The molecule has 2 nitrogen and oxygen atoms in total. The van der Waals surface area contributed by atoms with Gasteiger partial charge in [-0.3, -0.25) is 0 Å². The Balaban J connectivity index is 2.53. The van der Waals surface area contributed by atoms with Crippen molar-refractivity contribution in [3.8, 4) is 22.6 Å². The molecule has 0 fully saturated rings. The van der Waals surface area contributed by atoms with Crippen LogP contribution in [-0.2, 0) is 0 Å². The number of aryl methyl sites for hydroxylation is 1. The molecule has 15 heavy (non-hydrogen) atoms. The smallest absolute Gasteiger partial charge is 0.116 e. The van der Waals surface area contributed by atoms with Gasteiger partial charge in [0.1, 0.15) is 11.5 Å². The minimum absolute atomic E-state index is 0.247. The molecule has 0 amide bonds. The molecule has 2 heteroatoms. The number of phenols is 2. The molecule has 0 aliphatic heterocycles. The van der Waals surface area contributed by atoms with Gasteiger partial charge in [-0.2, -0.15) is 0 Å². The van der Waals surface area contributed by atoms with Crippen molar-refractivity contribution in [2.45, 2.75) is 6.92 Å². The summed E-state index contributed by atoms with van der Waals surface area (Å²) in [7, 11) is 0. The van der Waals surface area contributed by atoms with Crippen molar-refractivity contribution < 1.29 is 10.2 Å². The van der Waals surface area contributed by atoms with E-state index in [1.807, 2.05) is 25.1 Å². The largest absolute Gasteiger partial charge is 0.508 e. The highest BCUT2D eigenvalue weighted by Crippen LogP contribution is 2.28. The van der Waals surface area contributed by atoms with Crippen LogP contribution in [0.2, 0.25) is 0 Å². The van der Waals surface area contributed by atoms with Gasteiger partial charge in [-0.25, -0.2) is 0 Å². The van der Waals surface area contributed by atoms with Crippen molar-refractivity contribution in [1.29, 1.82) is 0 Å². The van der Waals surface area contributed by atoms with Crippen molar-refractivity contribution in [2.75, 3.05) is 0 Å². The SMILES string of the molecule is Cc1ccc(O)cc1-c1ccc(O)cc1. The number of rotatable bonds is 1. The van der Waals surface area contributed by atoms with E-state index >= 15 is 0 Å². The van der Waals surface area contributed by atoms with E-state index in [2.05, 4.69) is 0 Å². The predicted molar refractivity (Wildman–Crippen MR) is 59.9 cm³/mol. The Hall–Kier alpha value is -1.96. The van der Waals surface area contributed by atoms with Crippen LogP contribution in [0.25, 0.3) is 11.1 Å². The molecule has 0 saturated carbocycles. The Morgan fingerprint density at radius 3 is 2.07 bits per heavy atom. The molecule has 0 heterocycles. The predicted octanol–water partition coefficient (Wildman–Crippen LogP) is 3.07. The fourth-order valence-electron chi connectivity index (χ4n) is 1.56. The molecular formula is C13H12O2. The van der Waals surface area contributed by atoms with Gasteiger partial charge in [0.2, 0.25) is 0 Å². The number of hydrogen-bond acceptors (Lipinski definition) is 2. The molecule has 0 atom stereocenters. The molecule has 2 aromatic carbocycles. The highest BCUT2D eigenvalue weighted by Gasteiger charge is 2.02. The summed E-state index contributed by atoms with van der Waals surface area (Å²) in [5, 5.41) is 18.6. The van der Waals surface area contributed by atoms with Gasteiger partial charge in [-0.1, -0.05) is 18.2 Å². The molecular weight excluding hydrogens is 188 g/mol. The minimum Gasteiger partial charge on any atom is -0.508 e. The van der Waals surface area contributed by atoms with Gasteiger partial charge in [0.05, 0.1) is 0 Å². The van der Waals surface area contributed by atoms with Crippen LogP contribution >= 0.6 is 0 Å². The van der Waals surface area contributed by atoms with Crippen LogP contribution < -0.4 is 0 Å². The second-order valence-electron chi connectivity index (χ2n) is 3.55. The first-order valence-electron chi connectivity index (χ1n) is 4.76. The first-order valence-corrected chi connectivity index (χ1v) is 4.76. The Bertz CT molecular complexity index is 472. The molecule has 0 saturated heterocycles. The van der Waals surface area contributed by atoms with E-state index in [0.717, 1.165) is 16.7 Å². The lowest BCUT2D eigenvalue weighted by atomic mass is 10.0. The first kappa shape index (κ1) is 9.59. The van der Waals surface area contributed by atoms with E-state index in [4.69, 9.17) is 0 Å². The van der Waals surface area contributed by atoms with Gasteiger partial charge in [0, 0.05) is 0 Å². The van der Waals surface area contributed by atoms with E-state index in [1.54, 1.807) is 24.3 Å². The highest BCUT2D eigenvalue weighted by molar-refractivity contribution is 5.69. The van der Waals surface area contributed by atoms with Gasteiger partial charge in [0.15, 0.2) is 0 Å². The molecule has 0 radical (unpaired) electrons. The molecule has 2 rings (SSSR count). The average Bonchev–Trinajstić information content (AvgIpc) is 2.23. The quantitative estimate of drug-likeness (QED) is 0.742. The van der Waals surface area contributed by atoms with Gasteiger partial charge in [-0.05, 0) is 47.9 Å². The molecule has 0 bridgehead atoms. The summed E-state index contributed by atoms with van der Waals surface area (Å²) < 4.78 is 0. The van der Waals surface area contributed by atoms with Crippen LogP contribution in [-0.4, -0.2) is 10.2 Å². The lowest BCUT2D eigenvalue weighted by molar-refractivity contribution is 0.475. The van der Waals surface area contributed by atoms with Crippen molar-refractivity contribution in [3.05, 3.63) is 48.0 Å². The van der Waals surface area contributed by atoms with E-state index < -0.39 is 0 Å².